The summed E-state index contributed by atoms with van der Waals surface area (Å²) in [5, 5.41) is 0. The van der Waals surface area contributed by atoms with Gasteiger partial charge in [-0.3, -0.25) is 9.69 Å². The van der Waals surface area contributed by atoms with Crippen LogP contribution in [-0.2, 0) is 0 Å². The van der Waals surface area contributed by atoms with Gasteiger partial charge >= 0.3 is 0 Å². The van der Waals surface area contributed by atoms with Crippen molar-refractivity contribution in [3.63, 3.8) is 0 Å². The Balaban J connectivity index is 2.12. The first-order valence-corrected chi connectivity index (χ1v) is 6.90. The van der Waals surface area contributed by atoms with E-state index in [0.29, 0.717) is 17.3 Å². The number of carbonyl (C=O) groups is 1. The fraction of sp³-hybridized carbons (Fsp3) is 0.533. The second kappa shape index (κ2) is 6.15. The molecule has 0 N–H and O–H groups in total. The maximum absolute atomic E-state index is 13.9. The minimum atomic E-state index is -0.304. The summed E-state index contributed by atoms with van der Waals surface area (Å²) in [6, 6.07) is 5.24. The van der Waals surface area contributed by atoms with Gasteiger partial charge in [0.25, 0.3) is 0 Å². The molecule has 0 amide bonds. The molecule has 2 rings (SSSR count). The number of piperazine rings is 1. The predicted molar refractivity (Wildman–Crippen MR) is 75.3 cm³/mol. The van der Waals surface area contributed by atoms with E-state index < -0.39 is 0 Å². The van der Waals surface area contributed by atoms with Crippen LogP contribution in [0.4, 0.5) is 10.1 Å². The van der Waals surface area contributed by atoms with Crippen molar-refractivity contribution in [2.75, 3.05) is 31.1 Å². The Morgan fingerprint density at radius 3 is 2.58 bits per heavy atom. The largest absolute Gasteiger partial charge is 0.366 e. The maximum atomic E-state index is 13.9. The van der Waals surface area contributed by atoms with Gasteiger partial charge in [-0.25, -0.2) is 4.39 Å². The summed E-state index contributed by atoms with van der Waals surface area (Å²) in [6.07, 6.45) is 1.86. The first-order valence-electron chi connectivity index (χ1n) is 6.90. The van der Waals surface area contributed by atoms with E-state index >= 15 is 0 Å². The number of para-hydroxylation sites is 1. The van der Waals surface area contributed by atoms with Crippen LogP contribution in [0.1, 0.15) is 30.6 Å². The molecule has 3 nitrogen and oxygen atoms in total. The first kappa shape index (κ1) is 14.0. The van der Waals surface area contributed by atoms with Gasteiger partial charge in [-0.1, -0.05) is 13.0 Å². The Bertz CT molecular complexity index is 442. The van der Waals surface area contributed by atoms with Crippen LogP contribution >= 0.6 is 0 Å². The molecule has 1 aromatic rings. The van der Waals surface area contributed by atoms with Gasteiger partial charge in [-0.2, -0.15) is 0 Å². The summed E-state index contributed by atoms with van der Waals surface area (Å²) < 4.78 is 13.9. The van der Waals surface area contributed by atoms with Crippen molar-refractivity contribution in [3.05, 3.63) is 29.6 Å². The number of hydrogen-bond acceptors (Lipinski definition) is 3. The molecule has 4 heteroatoms. The fourth-order valence-corrected chi connectivity index (χ4v) is 2.61. The van der Waals surface area contributed by atoms with Gasteiger partial charge in [0.15, 0.2) is 6.29 Å². The van der Waals surface area contributed by atoms with Crippen molar-refractivity contribution < 1.29 is 9.18 Å². The highest BCUT2D eigenvalue weighted by atomic mass is 19.1. The van der Waals surface area contributed by atoms with Gasteiger partial charge in [0.2, 0.25) is 0 Å². The SMILES string of the molecule is CCC(C)N1CCN(c2c(F)cccc2C=O)CC1. The molecule has 0 spiro atoms. The lowest BCUT2D eigenvalue weighted by Gasteiger charge is -2.39. The molecular formula is C15H21FN2O. The van der Waals surface area contributed by atoms with Gasteiger partial charge in [-0.15, -0.1) is 0 Å². The Morgan fingerprint density at radius 1 is 1.32 bits per heavy atom. The molecule has 1 aliphatic heterocycles. The van der Waals surface area contributed by atoms with E-state index in [1.165, 1.54) is 6.07 Å². The van der Waals surface area contributed by atoms with Crippen molar-refractivity contribution in [2.45, 2.75) is 26.3 Å². The molecule has 1 unspecified atom stereocenters. The maximum Gasteiger partial charge on any atom is 0.152 e. The number of nitrogens with zero attached hydrogens (tertiary/aromatic N) is 2. The molecule has 1 aliphatic rings. The van der Waals surface area contributed by atoms with Crippen molar-refractivity contribution in [3.8, 4) is 0 Å². The molecule has 1 saturated heterocycles. The lowest BCUT2D eigenvalue weighted by Crippen LogP contribution is -2.50. The summed E-state index contributed by atoms with van der Waals surface area (Å²) in [7, 11) is 0. The number of anilines is 1. The molecule has 104 valence electrons. The Morgan fingerprint density at radius 2 is 2.00 bits per heavy atom. The van der Waals surface area contributed by atoms with Crippen LogP contribution in [0.2, 0.25) is 0 Å². The third kappa shape index (κ3) is 2.95. The summed E-state index contributed by atoms with van der Waals surface area (Å²) >= 11 is 0. The third-order valence-corrected chi connectivity index (χ3v) is 3.99. The molecule has 0 saturated carbocycles. The zero-order chi connectivity index (χ0) is 13.8. The van der Waals surface area contributed by atoms with Crippen molar-refractivity contribution >= 4 is 12.0 Å². The lowest BCUT2D eigenvalue weighted by atomic mass is 10.1. The number of carbonyl (C=O) groups excluding carboxylic acids is 1. The van der Waals surface area contributed by atoms with Gasteiger partial charge < -0.3 is 4.90 Å². The highest BCUT2D eigenvalue weighted by molar-refractivity contribution is 5.84. The number of aldehydes is 1. The van der Waals surface area contributed by atoms with Crippen LogP contribution in [0, 0.1) is 5.82 Å². The molecular weight excluding hydrogens is 243 g/mol. The first-order chi connectivity index (χ1) is 9.17. The van der Waals surface area contributed by atoms with Gasteiger partial charge in [-0.05, 0) is 25.5 Å². The zero-order valence-corrected chi connectivity index (χ0v) is 11.6. The smallest absolute Gasteiger partial charge is 0.152 e. The number of hydrogen-bond donors (Lipinski definition) is 0. The number of rotatable bonds is 4. The van der Waals surface area contributed by atoms with Crippen molar-refractivity contribution in [1.29, 1.82) is 0 Å². The fourth-order valence-electron chi connectivity index (χ4n) is 2.61. The highest BCUT2D eigenvalue weighted by Gasteiger charge is 2.23. The van der Waals surface area contributed by atoms with Crippen molar-refractivity contribution in [1.82, 2.24) is 4.90 Å². The Kier molecular flexibility index (Phi) is 4.53. The van der Waals surface area contributed by atoms with E-state index in [2.05, 4.69) is 18.7 Å². The van der Waals surface area contributed by atoms with E-state index in [1.54, 1.807) is 12.1 Å². The monoisotopic (exact) mass is 264 g/mol. The molecule has 1 fully saturated rings. The Labute approximate surface area is 114 Å². The molecule has 0 aliphatic carbocycles. The van der Waals surface area contributed by atoms with E-state index in [1.807, 2.05) is 4.90 Å². The molecule has 1 heterocycles. The molecule has 0 aromatic heterocycles. The van der Waals surface area contributed by atoms with Gasteiger partial charge in [0, 0.05) is 37.8 Å². The molecule has 0 radical (unpaired) electrons. The summed E-state index contributed by atoms with van der Waals surface area (Å²) in [4.78, 5) is 15.4. The second-order valence-corrected chi connectivity index (χ2v) is 5.08. The minimum absolute atomic E-state index is 0.304. The normalized spacial score (nSPS) is 18.4. The highest BCUT2D eigenvalue weighted by Crippen LogP contribution is 2.25. The second-order valence-electron chi connectivity index (χ2n) is 5.08. The minimum Gasteiger partial charge on any atom is -0.366 e. The standard InChI is InChI=1S/C15H21FN2O/c1-3-12(2)17-7-9-18(10-8-17)15-13(11-19)5-4-6-14(15)16/h4-6,11-12H,3,7-10H2,1-2H3. The summed E-state index contributed by atoms with van der Waals surface area (Å²) in [5.41, 5.74) is 0.901. The Hall–Kier alpha value is -1.42. The average molecular weight is 264 g/mol. The van der Waals surface area contributed by atoms with Crippen molar-refractivity contribution in [2.24, 2.45) is 0 Å². The van der Waals surface area contributed by atoms with Gasteiger partial charge in [0.1, 0.15) is 5.82 Å². The number of halogens is 1. The third-order valence-electron chi connectivity index (χ3n) is 3.99. The molecule has 1 atom stereocenters. The van der Waals surface area contributed by atoms with E-state index in [9.17, 15) is 9.18 Å². The molecule has 0 bridgehead atoms. The van der Waals surface area contributed by atoms with Crippen LogP contribution in [0.3, 0.4) is 0 Å². The van der Waals surface area contributed by atoms with E-state index in [4.69, 9.17) is 0 Å². The van der Waals surface area contributed by atoms with Crippen LogP contribution < -0.4 is 4.90 Å². The number of benzene rings is 1. The van der Waals surface area contributed by atoms with Crippen LogP contribution in [0.5, 0.6) is 0 Å². The molecule has 19 heavy (non-hydrogen) atoms. The van der Waals surface area contributed by atoms with Gasteiger partial charge in [0.05, 0.1) is 5.69 Å². The van der Waals surface area contributed by atoms with E-state index in [0.717, 1.165) is 38.9 Å². The van der Waals surface area contributed by atoms with E-state index in [-0.39, 0.29) is 5.82 Å². The average Bonchev–Trinajstić information content (AvgIpc) is 2.46. The zero-order valence-electron chi connectivity index (χ0n) is 11.6. The predicted octanol–water partition coefficient (Wildman–Crippen LogP) is 2.56. The van der Waals surface area contributed by atoms with Crippen LogP contribution in [-0.4, -0.2) is 43.4 Å². The van der Waals surface area contributed by atoms with Crippen LogP contribution in [0.25, 0.3) is 0 Å². The van der Waals surface area contributed by atoms with Crippen LogP contribution in [0.15, 0.2) is 18.2 Å². The lowest BCUT2D eigenvalue weighted by molar-refractivity contribution is 0.112. The summed E-state index contributed by atoms with van der Waals surface area (Å²) in [6.45, 7) is 7.77. The molecule has 1 aromatic carbocycles. The topological polar surface area (TPSA) is 23.6 Å². The quantitative estimate of drug-likeness (QED) is 0.781. The summed E-state index contributed by atoms with van der Waals surface area (Å²) in [5.74, 6) is -0.304.